The molecular formula is C17H21NO5S. The van der Waals surface area contributed by atoms with E-state index in [-0.39, 0.29) is 0 Å². The van der Waals surface area contributed by atoms with Crippen molar-refractivity contribution in [3.63, 3.8) is 0 Å². The average molecular weight is 351 g/mol. The molecule has 1 amide bonds. The monoisotopic (exact) mass is 351 g/mol. The van der Waals surface area contributed by atoms with Gasteiger partial charge >= 0.3 is 11.9 Å². The molecule has 0 bridgehead atoms. The fourth-order valence-corrected chi connectivity index (χ4v) is 3.89. The molecule has 7 heteroatoms. The van der Waals surface area contributed by atoms with E-state index in [2.05, 4.69) is 5.32 Å². The number of fused-ring (bicyclic) bond motifs is 1. The van der Waals surface area contributed by atoms with Crippen LogP contribution in [0.5, 0.6) is 0 Å². The van der Waals surface area contributed by atoms with Gasteiger partial charge in [-0.1, -0.05) is 13.3 Å². The van der Waals surface area contributed by atoms with E-state index in [1.54, 1.807) is 0 Å². The standard InChI is InChI=1S/C17H21NO5S/c1-2-10-23-17(22)15-11-6-4-3-5-7-12(11)24-16(15)18-13(19)8-9-14(20)21/h8-9H,2-7,10H2,1H3,(H,18,19)(H,20,21). The number of carbonyl (C=O) groups excluding carboxylic acids is 2. The third kappa shape index (κ3) is 4.67. The topological polar surface area (TPSA) is 92.7 Å². The number of carboxylic acids is 1. The number of aryl methyl sites for hydroxylation is 1. The highest BCUT2D eigenvalue weighted by Gasteiger charge is 2.26. The van der Waals surface area contributed by atoms with Crippen LogP contribution < -0.4 is 5.32 Å². The third-order valence-electron chi connectivity index (χ3n) is 3.68. The van der Waals surface area contributed by atoms with E-state index >= 15 is 0 Å². The minimum Gasteiger partial charge on any atom is -0.478 e. The summed E-state index contributed by atoms with van der Waals surface area (Å²) < 4.78 is 5.27. The lowest BCUT2D eigenvalue weighted by Crippen LogP contribution is -2.14. The number of carboxylic acid groups (broad SMARTS) is 1. The number of carbonyl (C=O) groups is 3. The van der Waals surface area contributed by atoms with Gasteiger partial charge in [0.15, 0.2) is 0 Å². The van der Waals surface area contributed by atoms with Crippen molar-refractivity contribution in [1.29, 1.82) is 0 Å². The highest BCUT2D eigenvalue weighted by Crippen LogP contribution is 2.38. The van der Waals surface area contributed by atoms with Crippen LogP contribution in [0.25, 0.3) is 0 Å². The predicted molar refractivity (Wildman–Crippen MR) is 91.6 cm³/mol. The lowest BCUT2D eigenvalue weighted by atomic mass is 10.1. The van der Waals surface area contributed by atoms with Crippen molar-refractivity contribution in [3.05, 3.63) is 28.2 Å². The van der Waals surface area contributed by atoms with Crippen molar-refractivity contribution in [2.45, 2.75) is 45.4 Å². The summed E-state index contributed by atoms with van der Waals surface area (Å²) in [4.78, 5) is 35.9. The minimum atomic E-state index is -1.20. The van der Waals surface area contributed by atoms with Crippen molar-refractivity contribution in [2.24, 2.45) is 0 Å². The Bertz CT molecular complexity index is 662. The lowest BCUT2D eigenvalue weighted by Gasteiger charge is -2.08. The predicted octanol–water partition coefficient (Wildman–Crippen LogP) is 3.16. The molecule has 0 aromatic carbocycles. The van der Waals surface area contributed by atoms with Gasteiger partial charge < -0.3 is 15.2 Å². The van der Waals surface area contributed by atoms with Crippen molar-refractivity contribution in [2.75, 3.05) is 11.9 Å². The Balaban J connectivity index is 2.30. The van der Waals surface area contributed by atoms with Crippen LogP contribution in [0.2, 0.25) is 0 Å². The SMILES string of the molecule is CCCOC(=O)c1c(NC(=O)C=CC(=O)O)sc2c1CCCCC2. The minimum absolute atomic E-state index is 0.329. The molecule has 2 rings (SSSR count). The fourth-order valence-electron chi connectivity index (χ4n) is 2.61. The van der Waals surface area contributed by atoms with Crippen LogP contribution in [0.3, 0.4) is 0 Å². The maximum Gasteiger partial charge on any atom is 0.341 e. The summed E-state index contributed by atoms with van der Waals surface area (Å²) >= 11 is 1.39. The molecule has 2 N–H and O–H groups in total. The van der Waals surface area contributed by atoms with Crippen molar-refractivity contribution in [1.82, 2.24) is 0 Å². The summed E-state index contributed by atoms with van der Waals surface area (Å²) in [5.74, 6) is -2.19. The van der Waals surface area contributed by atoms with Crippen LogP contribution in [-0.4, -0.2) is 29.6 Å². The molecule has 0 radical (unpaired) electrons. The van der Waals surface area contributed by atoms with Gasteiger partial charge in [0.2, 0.25) is 5.91 Å². The molecule has 6 nitrogen and oxygen atoms in total. The third-order valence-corrected chi connectivity index (χ3v) is 4.88. The van der Waals surface area contributed by atoms with Crippen LogP contribution in [-0.2, 0) is 27.2 Å². The maximum atomic E-state index is 12.4. The largest absolute Gasteiger partial charge is 0.478 e. The summed E-state index contributed by atoms with van der Waals surface area (Å²) in [6.07, 6.45) is 7.29. The van der Waals surface area contributed by atoms with Crippen molar-refractivity contribution < 1.29 is 24.2 Å². The number of amides is 1. The summed E-state index contributed by atoms with van der Waals surface area (Å²) in [6.45, 7) is 2.25. The molecule has 1 aromatic heterocycles. The van der Waals surface area contributed by atoms with Crippen LogP contribution in [0.15, 0.2) is 12.2 Å². The van der Waals surface area contributed by atoms with E-state index in [1.165, 1.54) is 11.3 Å². The molecule has 1 aliphatic rings. The van der Waals surface area contributed by atoms with Gasteiger partial charge in [0, 0.05) is 17.0 Å². The van der Waals surface area contributed by atoms with Gasteiger partial charge in [0.25, 0.3) is 0 Å². The number of esters is 1. The molecule has 1 aliphatic carbocycles. The molecular weight excluding hydrogens is 330 g/mol. The molecule has 0 fully saturated rings. The molecule has 0 aliphatic heterocycles. The van der Waals surface area contributed by atoms with Gasteiger partial charge in [0.05, 0.1) is 12.2 Å². The van der Waals surface area contributed by atoms with Crippen LogP contribution in [0, 0.1) is 0 Å². The number of hydrogen-bond acceptors (Lipinski definition) is 5. The normalized spacial score (nSPS) is 14.0. The number of nitrogens with one attached hydrogen (secondary N) is 1. The first-order valence-corrected chi connectivity index (χ1v) is 8.88. The number of rotatable bonds is 6. The molecule has 1 aromatic rings. The van der Waals surface area contributed by atoms with Gasteiger partial charge in [-0.3, -0.25) is 4.79 Å². The quantitative estimate of drug-likeness (QED) is 0.466. The summed E-state index contributed by atoms with van der Waals surface area (Å²) in [6, 6.07) is 0. The first kappa shape index (κ1) is 18.2. The number of hydrogen-bond donors (Lipinski definition) is 2. The smallest absolute Gasteiger partial charge is 0.341 e. The number of anilines is 1. The van der Waals surface area contributed by atoms with Gasteiger partial charge in [-0.05, 0) is 37.7 Å². The van der Waals surface area contributed by atoms with Crippen LogP contribution >= 0.6 is 11.3 Å². The molecule has 24 heavy (non-hydrogen) atoms. The Morgan fingerprint density at radius 3 is 2.67 bits per heavy atom. The number of thiophene rings is 1. The maximum absolute atomic E-state index is 12.4. The molecule has 0 atom stereocenters. The fraction of sp³-hybridized carbons (Fsp3) is 0.471. The lowest BCUT2D eigenvalue weighted by molar-refractivity contribution is -0.131. The Morgan fingerprint density at radius 2 is 1.96 bits per heavy atom. The summed E-state index contributed by atoms with van der Waals surface area (Å²) in [7, 11) is 0. The van der Waals surface area contributed by atoms with Crippen LogP contribution in [0.1, 0.15) is 53.4 Å². The second kappa shape index (κ2) is 8.63. The summed E-state index contributed by atoms with van der Waals surface area (Å²) in [5, 5.41) is 11.7. The molecule has 1 heterocycles. The number of ether oxygens (including phenoxy) is 1. The molecule has 0 spiro atoms. The highest BCUT2D eigenvalue weighted by atomic mass is 32.1. The van der Waals surface area contributed by atoms with E-state index in [9.17, 15) is 14.4 Å². The first-order chi connectivity index (χ1) is 11.5. The Labute approximate surface area is 144 Å². The average Bonchev–Trinajstić information content (AvgIpc) is 2.72. The van der Waals surface area contributed by atoms with Crippen molar-refractivity contribution >= 4 is 34.2 Å². The van der Waals surface area contributed by atoms with Gasteiger partial charge in [0.1, 0.15) is 5.00 Å². The molecule has 130 valence electrons. The van der Waals surface area contributed by atoms with Gasteiger partial charge in [-0.15, -0.1) is 11.3 Å². The Morgan fingerprint density at radius 1 is 1.21 bits per heavy atom. The van der Waals surface area contributed by atoms with E-state index in [1.807, 2.05) is 6.92 Å². The van der Waals surface area contributed by atoms with E-state index in [0.29, 0.717) is 17.2 Å². The second-order valence-electron chi connectivity index (χ2n) is 5.57. The Kier molecular flexibility index (Phi) is 6.54. The van der Waals surface area contributed by atoms with E-state index in [0.717, 1.165) is 61.1 Å². The zero-order chi connectivity index (χ0) is 17.5. The van der Waals surface area contributed by atoms with Gasteiger partial charge in [-0.25, -0.2) is 9.59 Å². The zero-order valence-electron chi connectivity index (χ0n) is 13.6. The van der Waals surface area contributed by atoms with Crippen molar-refractivity contribution in [3.8, 4) is 0 Å². The molecule has 0 unspecified atom stereocenters. The van der Waals surface area contributed by atoms with Crippen LogP contribution in [0.4, 0.5) is 5.00 Å². The van der Waals surface area contributed by atoms with Gasteiger partial charge in [-0.2, -0.15) is 0 Å². The summed E-state index contributed by atoms with van der Waals surface area (Å²) in [5.41, 5.74) is 1.40. The highest BCUT2D eigenvalue weighted by molar-refractivity contribution is 7.17. The zero-order valence-corrected chi connectivity index (χ0v) is 14.4. The molecule has 0 saturated carbocycles. The Hall–Kier alpha value is -2.15. The number of aliphatic carboxylic acids is 1. The van der Waals surface area contributed by atoms with E-state index < -0.39 is 17.8 Å². The molecule has 0 saturated heterocycles. The first-order valence-electron chi connectivity index (χ1n) is 8.06. The second-order valence-corrected chi connectivity index (χ2v) is 6.67. The van der Waals surface area contributed by atoms with E-state index in [4.69, 9.17) is 9.84 Å².